The predicted octanol–water partition coefficient (Wildman–Crippen LogP) is 5.06. The van der Waals surface area contributed by atoms with Gasteiger partial charge in [0.1, 0.15) is 0 Å². The first kappa shape index (κ1) is 14.0. The lowest BCUT2D eigenvalue weighted by molar-refractivity contribution is 0.710. The number of benzene rings is 1. The van der Waals surface area contributed by atoms with Gasteiger partial charge in [0.2, 0.25) is 0 Å². The van der Waals surface area contributed by atoms with Gasteiger partial charge in [0, 0.05) is 11.8 Å². The average Bonchev–Trinajstić information content (AvgIpc) is 2.43. The third-order valence-corrected chi connectivity index (χ3v) is 2.82. The third kappa shape index (κ3) is 4.06. The highest BCUT2D eigenvalue weighted by Gasteiger charge is 2.14. The Morgan fingerprint density at radius 1 is 0.833 bits per heavy atom. The molecule has 2 atom stereocenters. The fraction of sp³-hybridized carbons (Fsp3) is 0.111. The van der Waals surface area contributed by atoms with Crippen molar-refractivity contribution in [3.63, 3.8) is 0 Å². The van der Waals surface area contributed by atoms with Crippen LogP contribution in [0.15, 0.2) is 92.6 Å². The molecule has 0 radical (unpaired) electrons. The zero-order valence-corrected chi connectivity index (χ0v) is 10.7. The zero-order valence-electron chi connectivity index (χ0n) is 10.7. The summed E-state index contributed by atoms with van der Waals surface area (Å²) in [5.41, 5.74) is 1.26. The van der Waals surface area contributed by atoms with Gasteiger partial charge < -0.3 is 0 Å². The molecule has 1 aromatic rings. The molecule has 1 rings (SSSR count). The molecule has 0 saturated carbocycles. The number of hydrogen-bond donors (Lipinski definition) is 0. The van der Waals surface area contributed by atoms with Crippen LogP contribution in [0.3, 0.4) is 0 Å². The predicted molar refractivity (Wildman–Crippen MR) is 81.5 cm³/mol. The van der Waals surface area contributed by atoms with E-state index in [0.29, 0.717) is 0 Å². The molecule has 1 aromatic carbocycles. The maximum absolute atomic E-state index is 3.93. The van der Waals surface area contributed by atoms with E-state index in [1.165, 1.54) is 5.56 Å². The maximum atomic E-state index is 3.93. The van der Waals surface area contributed by atoms with E-state index in [1.54, 1.807) is 6.08 Å². The highest BCUT2D eigenvalue weighted by molar-refractivity contribution is 5.28. The molecule has 0 fully saturated rings. The minimum absolute atomic E-state index is 0.249. The maximum Gasteiger partial charge on any atom is 0.0113 e. The van der Waals surface area contributed by atoms with Crippen molar-refractivity contribution in [2.45, 2.75) is 5.92 Å². The van der Waals surface area contributed by atoms with E-state index in [0.717, 1.165) is 0 Å². The second-order valence-electron chi connectivity index (χ2n) is 3.99. The summed E-state index contributed by atoms with van der Waals surface area (Å²) in [5.74, 6) is 0.511. The van der Waals surface area contributed by atoms with E-state index in [-0.39, 0.29) is 11.8 Å². The normalized spacial score (nSPS) is 14.4. The molecular formula is C18H20. The Hall–Kier alpha value is -2.08. The van der Waals surface area contributed by atoms with Gasteiger partial charge in [-0.25, -0.2) is 0 Å². The fourth-order valence-electron chi connectivity index (χ4n) is 1.87. The molecule has 0 aliphatic heterocycles. The van der Waals surface area contributed by atoms with E-state index in [1.807, 2.05) is 48.6 Å². The van der Waals surface area contributed by atoms with Crippen LogP contribution in [-0.2, 0) is 0 Å². The summed E-state index contributed by atoms with van der Waals surface area (Å²) in [6.45, 7) is 11.5. The number of rotatable bonds is 7. The molecule has 0 spiro atoms. The lowest BCUT2D eigenvalue weighted by Crippen LogP contribution is -2.05. The van der Waals surface area contributed by atoms with Crippen LogP contribution >= 0.6 is 0 Å². The van der Waals surface area contributed by atoms with Gasteiger partial charge >= 0.3 is 0 Å². The van der Waals surface area contributed by atoms with Gasteiger partial charge in [-0.3, -0.25) is 0 Å². The first-order valence-electron chi connectivity index (χ1n) is 6.09. The molecule has 18 heavy (non-hydrogen) atoms. The average molecular weight is 236 g/mol. The summed E-state index contributed by atoms with van der Waals surface area (Å²) in [5, 5.41) is 0. The Balaban J connectivity index is 2.88. The Morgan fingerprint density at radius 2 is 1.56 bits per heavy atom. The Morgan fingerprint density at radius 3 is 2.11 bits per heavy atom. The highest BCUT2D eigenvalue weighted by atomic mass is 14.2. The number of allylic oxidation sites excluding steroid dienone is 7. The quantitative estimate of drug-likeness (QED) is 0.458. The SMILES string of the molecule is C=C/C=C\C=C\C(C=C)C(C=C)c1ccccc1. The topological polar surface area (TPSA) is 0 Å². The van der Waals surface area contributed by atoms with Gasteiger partial charge in [-0.2, -0.15) is 0 Å². The summed E-state index contributed by atoms with van der Waals surface area (Å²) in [6, 6.07) is 10.4. The van der Waals surface area contributed by atoms with Crippen molar-refractivity contribution in [3.8, 4) is 0 Å². The van der Waals surface area contributed by atoms with Crippen molar-refractivity contribution in [1.82, 2.24) is 0 Å². The summed E-state index contributed by atoms with van der Waals surface area (Å²) >= 11 is 0. The van der Waals surface area contributed by atoms with Crippen LogP contribution in [0.25, 0.3) is 0 Å². The fourth-order valence-corrected chi connectivity index (χ4v) is 1.87. The molecule has 0 amide bonds. The van der Waals surface area contributed by atoms with Crippen LogP contribution in [0.2, 0.25) is 0 Å². The molecule has 0 bridgehead atoms. The van der Waals surface area contributed by atoms with Crippen molar-refractivity contribution in [1.29, 1.82) is 0 Å². The lowest BCUT2D eigenvalue weighted by Gasteiger charge is -2.18. The minimum Gasteiger partial charge on any atom is -0.102 e. The summed E-state index contributed by atoms with van der Waals surface area (Å²) in [6.07, 6.45) is 13.7. The zero-order chi connectivity index (χ0) is 13.2. The summed E-state index contributed by atoms with van der Waals surface area (Å²) in [4.78, 5) is 0. The molecule has 0 aliphatic carbocycles. The van der Waals surface area contributed by atoms with Gasteiger partial charge in [0.25, 0.3) is 0 Å². The van der Waals surface area contributed by atoms with Crippen LogP contribution in [-0.4, -0.2) is 0 Å². The molecule has 0 aromatic heterocycles. The molecule has 2 unspecified atom stereocenters. The molecule has 0 nitrogen and oxygen atoms in total. The highest BCUT2D eigenvalue weighted by Crippen LogP contribution is 2.27. The van der Waals surface area contributed by atoms with E-state index < -0.39 is 0 Å². The lowest BCUT2D eigenvalue weighted by atomic mass is 9.86. The van der Waals surface area contributed by atoms with Gasteiger partial charge in [-0.15, -0.1) is 13.2 Å². The second kappa shape index (κ2) is 8.08. The van der Waals surface area contributed by atoms with Crippen molar-refractivity contribution in [3.05, 3.63) is 98.2 Å². The summed E-state index contributed by atoms with van der Waals surface area (Å²) in [7, 11) is 0. The van der Waals surface area contributed by atoms with E-state index in [9.17, 15) is 0 Å². The van der Waals surface area contributed by atoms with Crippen molar-refractivity contribution >= 4 is 0 Å². The van der Waals surface area contributed by atoms with E-state index in [4.69, 9.17) is 0 Å². The monoisotopic (exact) mass is 236 g/mol. The van der Waals surface area contributed by atoms with Crippen LogP contribution in [0.1, 0.15) is 11.5 Å². The van der Waals surface area contributed by atoms with E-state index >= 15 is 0 Å². The van der Waals surface area contributed by atoms with Gasteiger partial charge in [0.15, 0.2) is 0 Å². The molecular weight excluding hydrogens is 216 g/mol. The first-order chi connectivity index (χ1) is 8.83. The Labute approximate surface area is 110 Å². The summed E-state index contributed by atoms with van der Waals surface area (Å²) < 4.78 is 0. The Kier molecular flexibility index (Phi) is 6.27. The number of hydrogen-bond acceptors (Lipinski definition) is 0. The molecule has 0 aliphatic rings. The van der Waals surface area contributed by atoms with Gasteiger partial charge in [-0.05, 0) is 5.56 Å². The standard InChI is InChI=1S/C18H20/c1-4-7-8-10-13-16(5-2)18(6-3)17-14-11-9-12-15-17/h4-16,18H,1-3H2/b8-7-,13-10+. The third-order valence-electron chi connectivity index (χ3n) is 2.82. The first-order valence-corrected chi connectivity index (χ1v) is 6.09. The van der Waals surface area contributed by atoms with Crippen LogP contribution in [0, 0.1) is 5.92 Å². The van der Waals surface area contributed by atoms with Crippen LogP contribution in [0.5, 0.6) is 0 Å². The van der Waals surface area contributed by atoms with Crippen LogP contribution < -0.4 is 0 Å². The largest absolute Gasteiger partial charge is 0.102 e. The molecule has 0 N–H and O–H groups in total. The van der Waals surface area contributed by atoms with Crippen molar-refractivity contribution in [2.24, 2.45) is 5.92 Å². The smallest absolute Gasteiger partial charge is 0.0113 e. The van der Waals surface area contributed by atoms with Crippen molar-refractivity contribution < 1.29 is 0 Å². The Bertz CT molecular complexity index is 434. The molecule has 0 heterocycles. The van der Waals surface area contributed by atoms with Gasteiger partial charge in [-0.1, -0.05) is 79.4 Å². The minimum atomic E-state index is 0.249. The molecule has 0 saturated heterocycles. The molecule has 92 valence electrons. The van der Waals surface area contributed by atoms with E-state index in [2.05, 4.69) is 37.9 Å². The van der Waals surface area contributed by atoms with Crippen molar-refractivity contribution in [2.75, 3.05) is 0 Å². The molecule has 0 heteroatoms. The second-order valence-corrected chi connectivity index (χ2v) is 3.99. The van der Waals surface area contributed by atoms with Gasteiger partial charge in [0.05, 0.1) is 0 Å². The van der Waals surface area contributed by atoms with Crippen LogP contribution in [0.4, 0.5) is 0 Å².